The molecule has 1 heterocycles. The zero-order chi connectivity index (χ0) is 7.40. The number of halogens is 1. The molecule has 0 radical (unpaired) electrons. The molecule has 1 amide bonds. The van der Waals surface area contributed by atoms with E-state index >= 15 is 0 Å². The van der Waals surface area contributed by atoms with E-state index in [2.05, 4.69) is 5.32 Å². The molecule has 1 fully saturated rings. The Bertz CT molecular complexity index is 125. The van der Waals surface area contributed by atoms with Crippen LogP contribution in [0.4, 0.5) is 0 Å². The maximum atomic E-state index is 10.8. The van der Waals surface area contributed by atoms with E-state index in [1.807, 2.05) is 0 Å². The number of hydrogen-bond donors (Lipinski definition) is 1. The van der Waals surface area contributed by atoms with E-state index in [0.29, 0.717) is 25.5 Å². The SMILES string of the molecule is O=C(CCCl)NC1COC1. The molecule has 4 heteroatoms. The number of rotatable bonds is 3. The zero-order valence-electron chi connectivity index (χ0n) is 5.60. The van der Waals surface area contributed by atoms with Crippen LogP contribution in [0, 0.1) is 0 Å². The van der Waals surface area contributed by atoms with Crippen LogP contribution in [0.25, 0.3) is 0 Å². The van der Waals surface area contributed by atoms with E-state index in [1.54, 1.807) is 0 Å². The van der Waals surface area contributed by atoms with Gasteiger partial charge in [0.15, 0.2) is 0 Å². The first kappa shape index (κ1) is 7.82. The molecule has 0 aromatic rings. The molecule has 3 nitrogen and oxygen atoms in total. The van der Waals surface area contributed by atoms with Gasteiger partial charge in [-0.1, -0.05) is 0 Å². The molecule has 0 aromatic heterocycles. The summed E-state index contributed by atoms with van der Waals surface area (Å²) < 4.78 is 4.87. The van der Waals surface area contributed by atoms with Gasteiger partial charge in [0.05, 0.1) is 19.3 Å². The molecule has 1 aliphatic rings. The third-order valence-electron chi connectivity index (χ3n) is 1.32. The van der Waals surface area contributed by atoms with Crippen LogP contribution in [0.1, 0.15) is 6.42 Å². The summed E-state index contributed by atoms with van der Waals surface area (Å²) in [7, 11) is 0. The molecule has 0 bridgehead atoms. The average Bonchev–Trinajstić information content (AvgIpc) is 1.80. The number of amides is 1. The predicted molar refractivity (Wildman–Crippen MR) is 38.1 cm³/mol. The molecule has 10 heavy (non-hydrogen) atoms. The number of hydrogen-bond acceptors (Lipinski definition) is 2. The van der Waals surface area contributed by atoms with Crippen LogP contribution in [-0.2, 0) is 9.53 Å². The first-order valence-electron chi connectivity index (χ1n) is 3.26. The van der Waals surface area contributed by atoms with Gasteiger partial charge in [0.1, 0.15) is 0 Å². The Balaban J connectivity index is 2.05. The van der Waals surface area contributed by atoms with Crippen molar-refractivity contribution in [2.75, 3.05) is 19.1 Å². The van der Waals surface area contributed by atoms with Gasteiger partial charge < -0.3 is 10.1 Å². The highest BCUT2D eigenvalue weighted by Gasteiger charge is 2.19. The smallest absolute Gasteiger partial charge is 0.221 e. The van der Waals surface area contributed by atoms with Crippen molar-refractivity contribution in [3.8, 4) is 0 Å². The van der Waals surface area contributed by atoms with E-state index in [0.717, 1.165) is 0 Å². The van der Waals surface area contributed by atoms with Gasteiger partial charge in [-0.2, -0.15) is 0 Å². The molecular weight excluding hydrogens is 154 g/mol. The Morgan fingerprint density at radius 1 is 1.70 bits per heavy atom. The van der Waals surface area contributed by atoms with Crippen LogP contribution >= 0.6 is 11.6 Å². The Morgan fingerprint density at radius 2 is 2.40 bits per heavy atom. The van der Waals surface area contributed by atoms with E-state index in [9.17, 15) is 4.79 Å². The van der Waals surface area contributed by atoms with Gasteiger partial charge >= 0.3 is 0 Å². The predicted octanol–water partition coefficient (Wildman–Crippen LogP) is 0.130. The summed E-state index contributed by atoms with van der Waals surface area (Å²) >= 11 is 5.35. The summed E-state index contributed by atoms with van der Waals surface area (Å²) in [5.41, 5.74) is 0. The van der Waals surface area contributed by atoms with Crippen molar-refractivity contribution < 1.29 is 9.53 Å². The molecule has 1 aliphatic heterocycles. The minimum Gasteiger partial charge on any atom is -0.377 e. The maximum Gasteiger partial charge on any atom is 0.221 e. The fourth-order valence-electron chi connectivity index (χ4n) is 0.705. The van der Waals surface area contributed by atoms with Crippen LogP contribution in [0.2, 0.25) is 0 Å². The molecule has 0 aliphatic carbocycles. The van der Waals surface area contributed by atoms with Gasteiger partial charge in [0.25, 0.3) is 0 Å². The van der Waals surface area contributed by atoms with Gasteiger partial charge in [-0.25, -0.2) is 0 Å². The largest absolute Gasteiger partial charge is 0.377 e. The van der Waals surface area contributed by atoms with Gasteiger partial charge in [0, 0.05) is 12.3 Å². The first-order valence-corrected chi connectivity index (χ1v) is 3.79. The maximum absolute atomic E-state index is 10.8. The second-order valence-electron chi connectivity index (χ2n) is 2.24. The van der Waals surface area contributed by atoms with Crippen molar-refractivity contribution in [1.82, 2.24) is 5.32 Å². The Kier molecular flexibility index (Phi) is 2.96. The molecule has 0 unspecified atom stereocenters. The van der Waals surface area contributed by atoms with E-state index in [4.69, 9.17) is 16.3 Å². The van der Waals surface area contributed by atoms with Crippen molar-refractivity contribution in [2.45, 2.75) is 12.5 Å². The molecular formula is C6H10ClNO2. The monoisotopic (exact) mass is 163 g/mol. The van der Waals surface area contributed by atoms with Crippen molar-refractivity contribution in [2.24, 2.45) is 0 Å². The van der Waals surface area contributed by atoms with E-state index in [1.165, 1.54) is 0 Å². The molecule has 0 spiro atoms. The standard InChI is InChI=1S/C6H10ClNO2/c7-2-1-6(9)8-5-3-10-4-5/h5H,1-4H2,(H,8,9). The lowest BCUT2D eigenvalue weighted by molar-refractivity contribution is -0.124. The number of alkyl halides is 1. The summed E-state index contributed by atoms with van der Waals surface area (Å²) in [5, 5.41) is 2.77. The van der Waals surface area contributed by atoms with Gasteiger partial charge in [0.2, 0.25) is 5.91 Å². The van der Waals surface area contributed by atoms with Crippen LogP contribution < -0.4 is 5.32 Å². The summed E-state index contributed by atoms with van der Waals surface area (Å²) in [6.07, 6.45) is 0.401. The second-order valence-corrected chi connectivity index (χ2v) is 2.62. The highest BCUT2D eigenvalue weighted by Crippen LogP contribution is 1.99. The molecule has 0 aromatic carbocycles. The lowest BCUT2D eigenvalue weighted by Gasteiger charge is -2.26. The van der Waals surface area contributed by atoms with Crippen molar-refractivity contribution in [3.63, 3.8) is 0 Å². The summed E-state index contributed by atoms with van der Waals surface area (Å²) in [6.45, 7) is 1.29. The summed E-state index contributed by atoms with van der Waals surface area (Å²) in [6, 6.07) is 0.232. The molecule has 58 valence electrons. The third-order valence-corrected chi connectivity index (χ3v) is 1.51. The van der Waals surface area contributed by atoms with Gasteiger partial charge in [-0.3, -0.25) is 4.79 Å². The Labute approximate surface area is 64.7 Å². The fraction of sp³-hybridized carbons (Fsp3) is 0.833. The van der Waals surface area contributed by atoms with Crippen LogP contribution in [0.15, 0.2) is 0 Å². The second kappa shape index (κ2) is 3.78. The van der Waals surface area contributed by atoms with E-state index < -0.39 is 0 Å². The van der Waals surface area contributed by atoms with Crippen molar-refractivity contribution in [1.29, 1.82) is 0 Å². The number of ether oxygens (including phenoxy) is 1. The molecule has 0 atom stereocenters. The fourth-order valence-corrected chi connectivity index (χ4v) is 0.876. The van der Waals surface area contributed by atoms with E-state index in [-0.39, 0.29) is 11.9 Å². The normalized spacial score (nSPS) is 18.1. The first-order chi connectivity index (χ1) is 4.83. The lowest BCUT2D eigenvalue weighted by Crippen LogP contribution is -2.48. The number of nitrogens with one attached hydrogen (secondary N) is 1. The van der Waals surface area contributed by atoms with Crippen LogP contribution in [0.5, 0.6) is 0 Å². The molecule has 1 saturated heterocycles. The van der Waals surface area contributed by atoms with Crippen molar-refractivity contribution in [3.05, 3.63) is 0 Å². The number of carbonyl (C=O) groups excluding carboxylic acids is 1. The molecule has 1 N–H and O–H groups in total. The zero-order valence-corrected chi connectivity index (χ0v) is 6.36. The minimum absolute atomic E-state index is 0.0169. The van der Waals surface area contributed by atoms with Gasteiger partial charge in [-0.05, 0) is 0 Å². The molecule has 1 rings (SSSR count). The lowest BCUT2D eigenvalue weighted by atomic mass is 10.2. The summed E-state index contributed by atoms with van der Waals surface area (Å²) in [5.74, 6) is 0.405. The van der Waals surface area contributed by atoms with Gasteiger partial charge in [-0.15, -0.1) is 11.6 Å². The molecule has 0 saturated carbocycles. The average molecular weight is 164 g/mol. The van der Waals surface area contributed by atoms with Crippen LogP contribution in [-0.4, -0.2) is 31.0 Å². The van der Waals surface area contributed by atoms with Crippen molar-refractivity contribution >= 4 is 17.5 Å². The third kappa shape index (κ3) is 2.15. The highest BCUT2D eigenvalue weighted by atomic mass is 35.5. The summed E-state index contributed by atoms with van der Waals surface area (Å²) in [4.78, 5) is 10.8. The minimum atomic E-state index is 0.0169. The topological polar surface area (TPSA) is 38.3 Å². The quantitative estimate of drug-likeness (QED) is 0.601. The number of carbonyl (C=O) groups is 1. The highest BCUT2D eigenvalue weighted by molar-refractivity contribution is 6.18. The Morgan fingerprint density at radius 3 is 2.80 bits per heavy atom. The Hall–Kier alpha value is -0.280. The van der Waals surface area contributed by atoms with Crippen LogP contribution in [0.3, 0.4) is 0 Å².